The van der Waals surface area contributed by atoms with Gasteiger partial charge in [-0.2, -0.15) is 5.26 Å². The van der Waals surface area contributed by atoms with Gasteiger partial charge in [-0.25, -0.2) is 8.42 Å². The largest absolute Gasteiger partial charge is 1.00 e. The third-order valence-electron chi connectivity index (χ3n) is 1.77. The first-order valence-corrected chi connectivity index (χ1v) is 5.44. The number of hydrogen-bond donors (Lipinski definition) is 1. The molecule has 80 valence electrons. The van der Waals surface area contributed by atoms with Gasteiger partial charge in [0.2, 0.25) is 9.84 Å². The van der Waals surface area contributed by atoms with E-state index in [0.717, 1.165) is 5.56 Å². The van der Waals surface area contributed by atoms with Gasteiger partial charge >= 0.3 is 29.6 Å². The van der Waals surface area contributed by atoms with Crippen molar-refractivity contribution in [3.63, 3.8) is 0 Å². The van der Waals surface area contributed by atoms with Crippen molar-refractivity contribution in [2.75, 3.05) is 0 Å². The summed E-state index contributed by atoms with van der Waals surface area (Å²) >= 11 is 0. The Balaban J connectivity index is 0. The minimum Gasteiger partial charge on any atom is -1.00 e. The summed E-state index contributed by atoms with van der Waals surface area (Å²) in [5.74, 6) is 0. The molecule has 7 heteroatoms. The summed E-state index contributed by atoms with van der Waals surface area (Å²) in [6.07, 6.45) is 0. The van der Waals surface area contributed by atoms with Crippen LogP contribution < -0.4 is 29.6 Å². The Bertz CT molecular complexity index is 534. The van der Waals surface area contributed by atoms with Crippen LogP contribution in [0.15, 0.2) is 34.3 Å². The fourth-order valence-corrected chi connectivity index (χ4v) is 1.91. The van der Waals surface area contributed by atoms with Gasteiger partial charge < -0.3 is 6.63 Å². The van der Waals surface area contributed by atoms with E-state index in [2.05, 4.69) is 5.16 Å². The Hall–Kier alpha value is -0.870. The first kappa shape index (κ1) is 15.1. The Morgan fingerprint density at radius 2 is 1.94 bits per heavy atom. The fraction of sp³-hybridized carbons (Fsp3) is 0.111. The van der Waals surface area contributed by atoms with Gasteiger partial charge in [0.25, 0.3) is 5.04 Å². The summed E-state index contributed by atoms with van der Waals surface area (Å²) in [6, 6.07) is 7.22. The molecule has 0 aromatic heterocycles. The Morgan fingerprint density at radius 3 is 2.31 bits per heavy atom. The van der Waals surface area contributed by atoms with Gasteiger partial charge in [0.15, 0.2) is 0 Å². The third-order valence-corrected chi connectivity index (χ3v) is 3.35. The van der Waals surface area contributed by atoms with Crippen LogP contribution >= 0.6 is 0 Å². The van der Waals surface area contributed by atoms with Gasteiger partial charge in [-0.15, -0.1) is 0 Å². The molecule has 0 amide bonds. The van der Waals surface area contributed by atoms with Gasteiger partial charge in [0, 0.05) is 0 Å². The van der Waals surface area contributed by atoms with Gasteiger partial charge in [0.05, 0.1) is 4.90 Å². The van der Waals surface area contributed by atoms with Gasteiger partial charge in [-0.1, -0.05) is 22.9 Å². The standard InChI is InChI=1S/C9H8N2O3S.Na.H/c1-7-2-4-8(5-3-7)15(13,14)9(6-10)11-12;;/h2-5,12H,1H3;;/q;+1;-1. The molecule has 0 unspecified atom stereocenters. The van der Waals surface area contributed by atoms with E-state index >= 15 is 0 Å². The van der Waals surface area contributed by atoms with Gasteiger partial charge in [-0.05, 0) is 19.1 Å². The molecular weight excluding hydrogens is 239 g/mol. The zero-order valence-corrected chi connectivity index (χ0v) is 11.7. The maximum Gasteiger partial charge on any atom is 1.00 e. The Morgan fingerprint density at radius 1 is 1.44 bits per heavy atom. The number of nitriles is 1. The molecule has 0 spiro atoms. The molecule has 5 nitrogen and oxygen atoms in total. The van der Waals surface area contributed by atoms with Crippen molar-refractivity contribution in [3.8, 4) is 6.07 Å². The molecule has 0 fully saturated rings. The van der Waals surface area contributed by atoms with Crippen LogP contribution in [-0.2, 0) is 9.84 Å². The molecule has 1 aromatic carbocycles. The van der Waals surface area contributed by atoms with E-state index in [1.807, 2.05) is 6.92 Å². The number of rotatable bonds is 1. The van der Waals surface area contributed by atoms with E-state index < -0.39 is 14.9 Å². The molecule has 0 aliphatic rings. The molecular formula is C9H9N2NaO3S. The van der Waals surface area contributed by atoms with E-state index in [4.69, 9.17) is 10.5 Å². The topological polar surface area (TPSA) is 90.5 Å². The zero-order valence-electron chi connectivity index (χ0n) is 9.88. The first-order valence-electron chi connectivity index (χ1n) is 3.96. The van der Waals surface area contributed by atoms with Crippen molar-refractivity contribution < 1.29 is 44.6 Å². The Labute approximate surface area is 117 Å². The molecule has 0 aliphatic heterocycles. The number of hydrogen-bond acceptors (Lipinski definition) is 5. The van der Waals surface area contributed by atoms with Crippen molar-refractivity contribution >= 4 is 14.9 Å². The van der Waals surface area contributed by atoms with Crippen molar-refractivity contribution in [1.29, 1.82) is 5.26 Å². The molecule has 0 saturated carbocycles. The molecule has 0 bridgehead atoms. The average molecular weight is 248 g/mol. The van der Waals surface area contributed by atoms with Gasteiger partial charge in [0.1, 0.15) is 6.07 Å². The van der Waals surface area contributed by atoms with Gasteiger partial charge in [-0.3, -0.25) is 0 Å². The van der Waals surface area contributed by atoms with Crippen LogP contribution in [0.3, 0.4) is 0 Å². The molecule has 1 N–H and O–H groups in total. The molecule has 0 aliphatic carbocycles. The molecule has 0 saturated heterocycles. The minimum atomic E-state index is -3.98. The molecule has 0 atom stereocenters. The Kier molecular flexibility index (Phi) is 5.68. The van der Waals surface area contributed by atoms with E-state index in [-0.39, 0.29) is 35.9 Å². The van der Waals surface area contributed by atoms with Crippen molar-refractivity contribution in [2.24, 2.45) is 5.16 Å². The smallest absolute Gasteiger partial charge is 1.00 e. The normalized spacial score (nSPS) is 11.4. The number of sulfone groups is 1. The predicted octanol–water partition coefficient (Wildman–Crippen LogP) is -1.80. The first-order chi connectivity index (χ1) is 7.02. The summed E-state index contributed by atoms with van der Waals surface area (Å²) in [5.41, 5.74) is 0.897. The maximum absolute atomic E-state index is 11.6. The van der Waals surface area contributed by atoms with E-state index in [1.54, 1.807) is 12.1 Å². The summed E-state index contributed by atoms with van der Waals surface area (Å²) in [7, 11) is -3.98. The maximum atomic E-state index is 11.6. The van der Waals surface area contributed by atoms with Crippen LogP contribution in [0.4, 0.5) is 0 Å². The van der Waals surface area contributed by atoms with Crippen molar-refractivity contribution in [1.82, 2.24) is 0 Å². The average Bonchev–Trinajstić information content (AvgIpc) is 2.19. The number of nitrogens with zero attached hydrogens (tertiary/aromatic N) is 2. The predicted molar refractivity (Wildman–Crippen MR) is 54.3 cm³/mol. The van der Waals surface area contributed by atoms with Crippen LogP contribution in [0.5, 0.6) is 0 Å². The monoisotopic (exact) mass is 248 g/mol. The molecule has 1 aromatic rings. The van der Waals surface area contributed by atoms with E-state index in [1.165, 1.54) is 18.2 Å². The molecule has 0 heterocycles. The minimum absolute atomic E-state index is 0. The van der Waals surface area contributed by atoms with Crippen LogP contribution in [0.25, 0.3) is 0 Å². The summed E-state index contributed by atoms with van der Waals surface area (Å²) in [5, 5.41) is 18.4. The zero-order chi connectivity index (χ0) is 11.5. The second-order valence-electron chi connectivity index (χ2n) is 2.83. The molecule has 1 rings (SSSR count). The number of oxime groups is 1. The molecule has 0 radical (unpaired) electrons. The second-order valence-corrected chi connectivity index (χ2v) is 4.70. The number of benzene rings is 1. The van der Waals surface area contributed by atoms with E-state index in [0.29, 0.717) is 0 Å². The summed E-state index contributed by atoms with van der Waals surface area (Å²) in [4.78, 5) is -0.0672. The van der Waals surface area contributed by atoms with Crippen molar-refractivity contribution in [3.05, 3.63) is 29.8 Å². The third kappa shape index (κ3) is 3.06. The number of aryl methyl sites for hydroxylation is 1. The quantitative estimate of drug-likeness (QED) is 0.209. The van der Waals surface area contributed by atoms with E-state index in [9.17, 15) is 8.42 Å². The molecule has 16 heavy (non-hydrogen) atoms. The summed E-state index contributed by atoms with van der Waals surface area (Å²) in [6.45, 7) is 1.81. The SMILES string of the molecule is Cc1ccc(S(=O)(=O)C(C#N)=NO)cc1.[H-].[Na+]. The van der Waals surface area contributed by atoms with Crippen LogP contribution in [0, 0.1) is 18.3 Å². The summed E-state index contributed by atoms with van der Waals surface area (Å²) < 4.78 is 23.2. The van der Waals surface area contributed by atoms with Crippen LogP contribution in [0.1, 0.15) is 6.99 Å². The van der Waals surface area contributed by atoms with Crippen LogP contribution in [0.2, 0.25) is 0 Å². The second kappa shape index (κ2) is 6.01. The van der Waals surface area contributed by atoms with Crippen molar-refractivity contribution in [2.45, 2.75) is 11.8 Å². The fourth-order valence-electron chi connectivity index (χ4n) is 0.965. The van der Waals surface area contributed by atoms with Crippen LogP contribution in [-0.4, -0.2) is 18.7 Å².